The number of amides is 1. The van der Waals surface area contributed by atoms with Gasteiger partial charge in [-0.1, -0.05) is 24.6 Å². The summed E-state index contributed by atoms with van der Waals surface area (Å²) in [6.45, 7) is 4.13. The number of hydrogen-bond acceptors (Lipinski definition) is 3. The minimum absolute atomic E-state index is 0.196. The lowest BCUT2D eigenvalue weighted by Crippen LogP contribution is -2.23. The minimum Gasteiger partial charge on any atom is -0.378 e. The highest BCUT2D eigenvalue weighted by atomic mass is 16.1. The largest absolute Gasteiger partial charge is 0.378 e. The monoisotopic (exact) mass is 415 g/mol. The van der Waals surface area contributed by atoms with E-state index in [2.05, 4.69) is 29.0 Å². The Morgan fingerprint density at radius 2 is 2.06 bits per heavy atom. The van der Waals surface area contributed by atoms with E-state index in [1.54, 1.807) is 6.07 Å². The van der Waals surface area contributed by atoms with E-state index in [-0.39, 0.29) is 11.8 Å². The fraction of sp³-hybridized carbons (Fsp3) is 0.385. The van der Waals surface area contributed by atoms with Crippen molar-refractivity contribution in [2.45, 2.75) is 58.4 Å². The Morgan fingerprint density at radius 3 is 2.87 bits per heavy atom. The number of nitrogens with one attached hydrogen (secondary N) is 1. The zero-order valence-electron chi connectivity index (χ0n) is 18.2. The van der Waals surface area contributed by atoms with Crippen molar-refractivity contribution in [3.05, 3.63) is 70.1 Å². The first-order chi connectivity index (χ1) is 14.9. The molecule has 3 aliphatic rings. The van der Waals surface area contributed by atoms with E-state index in [1.807, 2.05) is 25.3 Å². The topological polar surface area (TPSA) is 77.1 Å². The van der Waals surface area contributed by atoms with Gasteiger partial charge in [0.2, 0.25) is 0 Å². The second-order valence-corrected chi connectivity index (χ2v) is 9.27. The molecule has 5 nitrogen and oxygen atoms in total. The lowest BCUT2D eigenvalue weighted by molar-refractivity contribution is 0.0950. The van der Waals surface area contributed by atoms with Crippen LogP contribution in [-0.2, 0) is 6.42 Å². The highest BCUT2D eigenvalue weighted by Crippen LogP contribution is 2.37. The maximum absolute atomic E-state index is 12.6. The molecule has 31 heavy (non-hydrogen) atoms. The van der Waals surface area contributed by atoms with Gasteiger partial charge in [-0.15, -0.1) is 0 Å². The van der Waals surface area contributed by atoms with Gasteiger partial charge < -0.3 is 15.6 Å². The molecule has 5 heteroatoms. The molecule has 1 amide bonds. The smallest absolute Gasteiger partial charge is 0.250 e. The Morgan fingerprint density at radius 1 is 1.23 bits per heavy atom. The Labute approximate surface area is 183 Å². The van der Waals surface area contributed by atoms with E-state index in [1.165, 1.54) is 11.1 Å². The van der Waals surface area contributed by atoms with E-state index in [0.717, 1.165) is 60.3 Å². The standard InChI is InChI=1S/C26H29N3O2/c1-15-11-23-25(24(30)12-15)16(2)14-29(23)18-8-9-20(26(27)31)22(13-18)28-21-10-7-17-5-3-4-6-19(17)21/h4,6,8-9,13-15,21,28H,3,5,7,10-12H2,1-2H3,(H2,27,31). The maximum Gasteiger partial charge on any atom is 0.250 e. The van der Waals surface area contributed by atoms with Crippen molar-refractivity contribution in [1.82, 2.24) is 4.57 Å². The highest BCUT2D eigenvalue weighted by molar-refractivity contribution is 6.00. The lowest BCUT2D eigenvalue weighted by Gasteiger charge is -2.23. The van der Waals surface area contributed by atoms with E-state index in [0.29, 0.717) is 17.9 Å². The summed E-state index contributed by atoms with van der Waals surface area (Å²) in [4.78, 5) is 24.8. The van der Waals surface area contributed by atoms with E-state index in [9.17, 15) is 9.59 Å². The van der Waals surface area contributed by atoms with Crippen molar-refractivity contribution in [3.63, 3.8) is 0 Å². The summed E-state index contributed by atoms with van der Waals surface area (Å²) >= 11 is 0. The summed E-state index contributed by atoms with van der Waals surface area (Å²) in [5.74, 6) is 0.124. The molecule has 2 unspecified atom stereocenters. The minimum atomic E-state index is -0.435. The first-order valence-electron chi connectivity index (χ1n) is 11.3. The molecule has 0 fully saturated rings. The fourth-order valence-corrected chi connectivity index (χ4v) is 5.51. The number of rotatable bonds is 4. The van der Waals surface area contributed by atoms with E-state index < -0.39 is 5.91 Å². The van der Waals surface area contributed by atoms with Crippen LogP contribution in [0.1, 0.15) is 71.0 Å². The van der Waals surface area contributed by atoms with Crippen LogP contribution in [0.15, 0.2) is 47.7 Å². The second kappa shape index (κ2) is 7.56. The number of aryl methyl sites for hydroxylation is 1. The van der Waals surface area contributed by atoms with Gasteiger partial charge in [0.05, 0.1) is 11.6 Å². The Balaban J connectivity index is 1.55. The summed E-state index contributed by atoms with van der Waals surface area (Å²) < 4.78 is 2.12. The second-order valence-electron chi connectivity index (χ2n) is 9.27. The Hall–Kier alpha value is -3.08. The Bertz CT molecular complexity index is 1150. The van der Waals surface area contributed by atoms with Crippen LogP contribution in [0.2, 0.25) is 0 Å². The molecule has 1 aromatic heterocycles. The zero-order valence-corrected chi connectivity index (χ0v) is 18.2. The Kier molecular flexibility index (Phi) is 4.84. The average molecular weight is 416 g/mol. The van der Waals surface area contributed by atoms with Crippen molar-refractivity contribution < 1.29 is 9.59 Å². The van der Waals surface area contributed by atoms with E-state index >= 15 is 0 Å². The number of carbonyl (C=O) groups excluding carboxylic acids is 2. The van der Waals surface area contributed by atoms with Gasteiger partial charge in [-0.2, -0.15) is 0 Å². The van der Waals surface area contributed by atoms with Crippen molar-refractivity contribution in [2.24, 2.45) is 11.7 Å². The molecule has 1 heterocycles. The molecule has 2 atom stereocenters. The molecular formula is C26H29N3O2. The highest BCUT2D eigenvalue weighted by Gasteiger charge is 2.29. The van der Waals surface area contributed by atoms with Crippen LogP contribution in [0.5, 0.6) is 0 Å². The number of Topliss-reactive ketones (excluding diaryl/α,β-unsaturated/α-hetero) is 1. The summed E-state index contributed by atoms with van der Waals surface area (Å²) in [5.41, 5.74) is 13.8. The van der Waals surface area contributed by atoms with Crippen LogP contribution in [0.25, 0.3) is 5.69 Å². The van der Waals surface area contributed by atoms with Gasteiger partial charge in [0, 0.05) is 35.2 Å². The van der Waals surface area contributed by atoms with Gasteiger partial charge in [0.15, 0.2) is 5.78 Å². The normalized spacial score (nSPS) is 22.5. The molecule has 0 bridgehead atoms. The quantitative estimate of drug-likeness (QED) is 0.748. The molecule has 0 aliphatic heterocycles. The number of aromatic nitrogens is 1. The predicted octanol–water partition coefficient (Wildman–Crippen LogP) is 4.87. The van der Waals surface area contributed by atoms with Gasteiger partial charge in [0.25, 0.3) is 5.91 Å². The van der Waals surface area contributed by atoms with Crippen LogP contribution < -0.4 is 11.1 Å². The molecule has 0 radical (unpaired) electrons. The number of nitrogens with two attached hydrogens (primary N) is 1. The molecular weight excluding hydrogens is 386 g/mol. The van der Waals surface area contributed by atoms with Crippen LogP contribution in [-0.4, -0.2) is 22.3 Å². The number of hydrogen-bond donors (Lipinski definition) is 2. The van der Waals surface area contributed by atoms with Crippen LogP contribution in [0.3, 0.4) is 0 Å². The molecule has 2 aromatic rings. The number of nitrogens with zero attached hydrogens (tertiary/aromatic N) is 1. The number of benzene rings is 1. The SMILES string of the molecule is Cc1cn(-c2ccc(C(N)=O)c(NC3CCC4=C3C=CCC4)c2)c2c1C(=O)CC(C)C2. The van der Waals surface area contributed by atoms with E-state index in [4.69, 9.17) is 5.73 Å². The molecule has 1 aromatic carbocycles. The van der Waals surface area contributed by atoms with Gasteiger partial charge in [-0.25, -0.2) is 0 Å². The third-order valence-electron chi connectivity index (χ3n) is 6.96. The molecule has 160 valence electrons. The fourth-order valence-electron chi connectivity index (χ4n) is 5.51. The predicted molar refractivity (Wildman–Crippen MR) is 123 cm³/mol. The van der Waals surface area contributed by atoms with Crippen molar-refractivity contribution in [2.75, 3.05) is 5.32 Å². The number of carbonyl (C=O) groups is 2. The third kappa shape index (κ3) is 3.42. The van der Waals surface area contributed by atoms with Crippen molar-refractivity contribution in [3.8, 4) is 5.69 Å². The molecule has 0 spiro atoms. The lowest BCUT2D eigenvalue weighted by atomic mass is 9.87. The van der Waals surface area contributed by atoms with Gasteiger partial charge in [-0.05, 0) is 74.3 Å². The summed E-state index contributed by atoms with van der Waals surface area (Å²) in [7, 11) is 0. The van der Waals surface area contributed by atoms with Gasteiger partial charge in [0.1, 0.15) is 0 Å². The summed E-state index contributed by atoms with van der Waals surface area (Å²) in [6, 6.07) is 5.93. The van der Waals surface area contributed by atoms with Crippen LogP contribution in [0, 0.1) is 12.8 Å². The van der Waals surface area contributed by atoms with Gasteiger partial charge in [-0.3, -0.25) is 9.59 Å². The van der Waals surface area contributed by atoms with Crippen molar-refractivity contribution in [1.29, 1.82) is 0 Å². The molecule has 0 saturated carbocycles. The van der Waals surface area contributed by atoms with Crippen LogP contribution >= 0.6 is 0 Å². The van der Waals surface area contributed by atoms with Crippen molar-refractivity contribution >= 4 is 17.4 Å². The number of anilines is 1. The molecule has 5 rings (SSSR count). The number of ketones is 1. The number of allylic oxidation sites excluding steroid dienone is 2. The van der Waals surface area contributed by atoms with Gasteiger partial charge >= 0.3 is 0 Å². The number of fused-ring (bicyclic) bond motifs is 1. The van der Waals surface area contributed by atoms with Crippen LogP contribution in [0.4, 0.5) is 5.69 Å². The average Bonchev–Trinajstić information content (AvgIpc) is 3.29. The summed E-state index contributed by atoms with van der Waals surface area (Å²) in [5, 5.41) is 3.61. The maximum atomic E-state index is 12.6. The third-order valence-corrected chi connectivity index (χ3v) is 6.96. The number of primary amides is 1. The molecule has 0 saturated heterocycles. The first kappa shape index (κ1) is 19.9. The summed E-state index contributed by atoms with van der Waals surface area (Å²) in [6.07, 6.45) is 12.4. The zero-order chi connectivity index (χ0) is 21.7. The molecule has 3 aliphatic carbocycles. The molecule has 3 N–H and O–H groups in total. The first-order valence-corrected chi connectivity index (χ1v) is 11.3.